The predicted octanol–water partition coefficient (Wildman–Crippen LogP) is 3.48. The Morgan fingerprint density at radius 3 is 2.43 bits per heavy atom. The van der Waals surface area contributed by atoms with Gasteiger partial charge in [-0.1, -0.05) is 13.8 Å². The Balaban J connectivity index is 2.10. The van der Waals surface area contributed by atoms with Gasteiger partial charge in [0.1, 0.15) is 0 Å². The molecule has 1 aromatic heterocycles. The third kappa shape index (κ3) is 2.30. The summed E-state index contributed by atoms with van der Waals surface area (Å²) in [5.41, 5.74) is 0. The van der Waals surface area contributed by atoms with Gasteiger partial charge in [0.05, 0.1) is 15.8 Å². The highest BCUT2D eigenvalue weighted by molar-refractivity contribution is 14.1. The zero-order valence-electron chi connectivity index (χ0n) is 8.78. The van der Waals surface area contributed by atoms with E-state index in [9.17, 15) is 0 Å². The van der Waals surface area contributed by atoms with Crippen LogP contribution in [0.15, 0.2) is 12.4 Å². The molecule has 0 bridgehead atoms. The molecule has 0 aliphatic heterocycles. The SMILES string of the molecule is CC1CC(C)CC(n2cc(I)cn2)C1. The summed E-state index contributed by atoms with van der Waals surface area (Å²) in [6, 6.07) is 0.636. The van der Waals surface area contributed by atoms with E-state index in [1.165, 1.54) is 22.8 Å². The highest BCUT2D eigenvalue weighted by Crippen LogP contribution is 2.35. The first-order chi connectivity index (χ1) is 6.65. The summed E-state index contributed by atoms with van der Waals surface area (Å²) in [6.07, 6.45) is 8.08. The average Bonchev–Trinajstić information content (AvgIpc) is 2.50. The second kappa shape index (κ2) is 4.21. The summed E-state index contributed by atoms with van der Waals surface area (Å²) in [4.78, 5) is 0. The summed E-state index contributed by atoms with van der Waals surface area (Å²) in [5, 5.41) is 4.42. The highest BCUT2D eigenvalue weighted by atomic mass is 127. The maximum absolute atomic E-state index is 4.42. The fourth-order valence-electron chi connectivity index (χ4n) is 2.64. The maximum Gasteiger partial charge on any atom is 0.0623 e. The van der Waals surface area contributed by atoms with Crippen molar-refractivity contribution < 1.29 is 0 Å². The van der Waals surface area contributed by atoms with E-state index in [0.29, 0.717) is 6.04 Å². The first-order valence-electron chi connectivity index (χ1n) is 5.35. The third-order valence-corrected chi connectivity index (χ3v) is 3.65. The van der Waals surface area contributed by atoms with Gasteiger partial charge in [-0.25, -0.2) is 0 Å². The lowest BCUT2D eigenvalue weighted by Gasteiger charge is -2.31. The van der Waals surface area contributed by atoms with Crippen LogP contribution in [0.4, 0.5) is 0 Å². The lowest BCUT2D eigenvalue weighted by atomic mass is 9.80. The molecule has 3 heteroatoms. The average molecular weight is 304 g/mol. The molecule has 2 rings (SSSR count). The molecule has 1 fully saturated rings. The van der Waals surface area contributed by atoms with E-state index >= 15 is 0 Å². The fourth-order valence-corrected chi connectivity index (χ4v) is 3.04. The molecule has 2 unspecified atom stereocenters. The minimum atomic E-state index is 0.636. The van der Waals surface area contributed by atoms with Crippen molar-refractivity contribution in [3.63, 3.8) is 0 Å². The lowest BCUT2D eigenvalue weighted by Crippen LogP contribution is -2.22. The van der Waals surface area contributed by atoms with Gasteiger partial charge in [-0.2, -0.15) is 5.10 Å². The Morgan fingerprint density at radius 2 is 1.93 bits per heavy atom. The monoisotopic (exact) mass is 304 g/mol. The van der Waals surface area contributed by atoms with E-state index in [0.717, 1.165) is 11.8 Å². The second-order valence-electron chi connectivity index (χ2n) is 4.71. The molecule has 1 saturated carbocycles. The molecule has 2 atom stereocenters. The minimum absolute atomic E-state index is 0.636. The van der Waals surface area contributed by atoms with E-state index < -0.39 is 0 Å². The van der Waals surface area contributed by atoms with Gasteiger partial charge in [0, 0.05) is 6.20 Å². The van der Waals surface area contributed by atoms with Crippen LogP contribution in [-0.4, -0.2) is 9.78 Å². The summed E-state index contributed by atoms with van der Waals surface area (Å²) >= 11 is 2.32. The fraction of sp³-hybridized carbons (Fsp3) is 0.727. The molecular weight excluding hydrogens is 287 g/mol. The predicted molar refractivity (Wildman–Crippen MR) is 66.2 cm³/mol. The van der Waals surface area contributed by atoms with Gasteiger partial charge in [0.25, 0.3) is 0 Å². The number of hydrogen-bond donors (Lipinski definition) is 0. The van der Waals surface area contributed by atoms with Crippen molar-refractivity contribution >= 4 is 22.6 Å². The number of aromatic nitrogens is 2. The molecule has 0 N–H and O–H groups in total. The molecule has 0 aromatic carbocycles. The Morgan fingerprint density at radius 1 is 1.29 bits per heavy atom. The van der Waals surface area contributed by atoms with Crippen LogP contribution in [0, 0.1) is 15.4 Å². The van der Waals surface area contributed by atoms with Crippen molar-refractivity contribution in [1.82, 2.24) is 9.78 Å². The van der Waals surface area contributed by atoms with Crippen LogP contribution in [0.3, 0.4) is 0 Å². The first-order valence-corrected chi connectivity index (χ1v) is 6.42. The number of nitrogens with zero attached hydrogens (tertiary/aromatic N) is 2. The summed E-state index contributed by atoms with van der Waals surface area (Å²) in [6.45, 7) is 4.72. The summed E-state index contributed by atoms with van der Waals surface area (Å²) in [5.74, 6) is 1.70. The topological polar surface area (TPSA) is 17.8 Å². The molecular formula is C11H17IN2. The Kier molecular flexibility index (Phi) is 3.14. The first kappa shape index (κ1) is 10.5. The van der Waals surface area contributed by atoms with Gasteiger partial charge < -0.3 is 0 Å². The van der Waals surface area contributed by atoms with E-state index in [4.69, 9.17) is 0 Å². The third-order valence-electron chi connectivity index (χ3n) is 3.10. The molecule has 1 heterocycles. The van der Waals surface area contributed by atoms with Gasteiger partial charge in [0.15, 0.2) is 0 Å². The molecule has 0 radical (unpaired) electrons. The Bertz CT molecular complexity index is 298. The van der Waals surface area contributed by atoms with Crippen LogP contribution in [-0.2, 0) is 0 Å². The molecule has 14 heavy (non-hydrogen) atoms. The van der Waals surface area contributed by atoms with Crippen LogP contribution >= 0.6 is 22.6 Å². The van der Waals surface area contributed by atoms with Gasteiger partial charge in [0.2, 0.25) is 0 Å². The van der Waals surface area contributed by atoms with E-state index in [1.54, 1.807) is 0 Å². The van der Waals surface area contributed by atoms with E-state index in [-0.39, 0.29) is 0 Å². The molecule has 78 valence electrons. The molecule has 0 spiro atoms. The zero-order valence-corrected chi connectivity index (χ0v) is 10.9. The number of halogens is 1. The quantitative estimate of drug-likeness (QED) is 0.726. The molecule has 0 saturated heterocycles. The largest absolute Gasteiger partial charge is 0.269 e. The zero-order chi connectivity index (χ0) is 10.1. The van der Waals surface area contributed by atoms with Crippen molar-refractivity contribution in [3.8, 4) is 0 Å². The van der Waals surface area contributed by atoms with Gasteiger partial charge in [-0.3, -0.25) is 4.68 Å². The molecule has 1 aliphatic rings. The summed E-state index contributed by atoms with van der Waals surface area (Å²) < 4.78 is 3.40. The molecule has 2 nitrogen and oxygen atoms in total. The standard InChI is InChI=1S/C11H17IN2/c1-8-3-9(2)5-11(4-8)14-7-10(12)6-13-14/h6-9,11H,3-5H2,1-2H3. The minimum Gasteiger partial charge on any atom is -0.269 e. The smallest absolute Gasteiger partial charge is 0.0623 e. The van der Waals surface area contributed by atoms with Crippen LogP contribution in [0.2, 0.25) is 0 Å². The summed E-state index contributed by atoms with van der Waals surface area (Å²) in [7, 11) is 0. The van der Waals surface area contributed by atoms with Crippen molar-refractivity contribution in [3.05, 3.63) is 16.0 Å². The van der Waals surface area contributed by atoms with Crippen molar-refractivity contribution in [1.29, 1.82) is 0 Å². The highest BCUT2D eigenvalue weighted by Gasteiger charge is 2.25. The molecule has 1 aromatic rings. The Hall–Kier alpha value is -0.0600. The van der Waals surface area contributed by atoms with E-state index in [1.807, 2.05) is 6.20 Å². The van der Waals surface area contributed by atoms with Gasteiger partial charge in [-0.15, -0.1) is 0 Å². The number of rotatable bonds is 1. The van der Waals surface area contributed by atoms with Crippen molar-refractivity contribution in [2.75, 3.05) is 0 Å². The van der Waals surface area contributed by atoms with Crippen LogP contribution in [0.25, 0.3) is 0 Å². The molecule has 0 amide bonds. The van der Waals surface area contributed by atoms with Gasteiger partial charge in [-0.05, 0) is 53.7 Å². The number of hydrogen-bond acceptors (Lipinski definition) is 1. The second-order valence-corrected chi connectivity index (χ2v) is 5.96. The van der Waals surface area contributed by atoms with Crippen LogP contribution in [0.1, 0.15) is 39.2 Å². The van der Waals surface area contributed by atoms with Crippen molar-refractivity contribution in [2.45, 2.75) is 39.2 Å². The van der Waals surface area contributed by atoms with Crippen LogP contribution < -0.4 is 0 Å². The maximum atomic E-state index is 4.42. The Labute approximate surface area is 99.2 Å². The van der Waals surface area contributed by atoms with Crippen LogP contribution in [0.5, 0.6) is 0 Å². The van der Waals surface area contributed by atoms with Gasteiger partial charge >= 0.3 is 0 Å². The van der Waals surface area contributed by atoms with Crippen molar-refractivity contribution in [2.24, 2.45) is 11.8 Å². The lowest BCUT2D eigenvalue weighted by molar-refractivity contribution is 0.210. The normalized spacial score (nSPS) is 33.2. The molecule has 1 aliphatic carbocycles. The van der Waals surface area contributed by atoms with E-state index in [2.05, 4.69) is 52.4 Å².